The second-order valence-corrected chi connectivity index (χ2v) is 7.44. The Morgan fingerprint density at radius 3 is 2.92 bits per heavy atom. The molecule has 2 aromatic rings. The van der Waals surface area contributed by atoms with Crippen molar-refractivity contribution < 1.29 is 9.18 Å². The zero-order chi connectivity index (χ0) is 16.8. The van der Waals surface area contributed by atoms with Gasteiger partial charge in [0.15, 0.2) is 0 Å². The first-order valence-corrected chi connectivity index (χ1v) is 9.04. The average Bonchev–Trinajstić information content (AvgIpc) is 3.27. The van der Waals surface area contributed by atoms with Gasteiger partial charge in [-0.15, -0.1) is 0 Å². The van der Waals surface area contributed by atoms with Crippen molar-refractivity contribution in [3.8, 4) is 0 Å². The number of halogens is 1. The van der Waals surface area contributed by atoms with E-state index in [0.717, 1.165) is 17.5 Å². The number of aromatic nitrogens is 2. The van der Waals surface area contributed by atoms with Crippen molar-refractivity contribution in [1.29, 1.82) is 0 Å². The van der Waals surface area contributed by atoms with E-state index < -0.39 is 0 Å². The minimum atomic E-state index is -0.363. The number of carbonyl (C=O) groups excluding carboxylic acids is 1. The fourth-order valence-electron chi connectivity index (χ4n) is 4.84. The van der Waals surface area contributed by atoms with Gasteiger partial charge >= 0.3 is 0 Å². The molecule has 2 aliphatic rings. The molecule has 5 heteroatoms. The van der Waals surface area contributed by atoms with Gasteiger partial charge in [-0.1, -0.05) is 13.3 Å². The maximum absolute atomic E-state index is 13.6. The molecule has 2 aliphatic carbocycles. The smallest absolute Gasteiger partial charge is 0.270 e. The van der Waals surface area contributed by atoms with Crippen LogP contribution in [0.25, 0.3) is 5.65 Å². The molecule has 0 aliphatic heterocycles. The second-order valence-electron chi connectivity index (χ2n) is 7.44. The molecule has 2 fully saturated rings. The number of nitrogens with one attached hydrogen (secondary N) is 1. The Labute approximate surface area is 141 Å². The van der Waals surface area contributed by atoms with Crippen molar-refractivity contribution in [3.05, 3.63) is 35.5 Å². The third kappa shape index (κ3) is 2.50. The van der Waals surface area contributed by atoms with E-state index in [-0.39, 0.29) is 17.8 Å². The number of hydrogen-bond acceptors (Lipinski definition) is 2. The fourth-order valence-corrected chi connectivity index (χ4v) is 4.84. The predicted molar refractivity (Wildman–Crippen MR) is 90.4 cm³/mol. The van der Waals surface area contributed by atoms with Crippen LogP contribution in [-0.2, 0) is 6.42 Å². The molecule has 1 N–H and O–H groups in total. The minimum Gasteiger partial charge on any atom is -0.348 e. The lowest BCUT2D eigenvalue weighted by Gasteiger charge is -2.28. The Hall–Kier alpha value is -1.91. The summed E-state index contributed by atoms with van der Waals surface area (Å²) in [4.78, 5) is 17.4. The van der Waals surface area contributed by atoms with E-state index >= 15 is 0 Å². The van der Waals surface area contributed by atoms with E-state index in [2.05, 4.69) is 17.2 Å². The molecule has 128 valence electrons. The minimum absolute atomic E-state index is 0.139. The van der Waals surface area contributed by atoms with Gasteiger partial charge in [0.1, 0.15) is 17.2 Å². The predicted octanol–water partition coefficient (Wildman–Crippen LogP) is 3.59. The Bertz CT molecular complexity index is 784. The molecule has 4 unspecified atom stereocenters. The van der Waals surface area contributed by atoms with E-state index in [1.165, 1.54) is 37.9 Å². The summed E-state index contributed by atoms with van der Waals surface area (Å²) in [6, 6.07) is 3.14. The summed E-state index contributed by atoms with van der Waals surface area (Å²) >= 11 is 0. The number of amides is 1. The molecule has 2 heterocycles. The molecule has 0 spiro atoms. The van der Waals surface area contributed by atoms with Crippen molar-refractivity contribution in [2.45, 2.75) is 52.0 Å². The molecular formula is C19H24FN3O. The summed E-state index contributed by atoms with van der Waals surface area (Å²) in [6.07, 6.45) is 7.21. The van der Waals surface area contributed by atoms with E-state index in [1.54, 1.807) is 10.5 Å². The number of imidazole rings is 1. The number of rotatable bonds is 4. The van der Waals surface area contributed by atoms with Gasteiger partial charge in [0.2, 0.25) is 0 Å². The molecule has 0 radical (unpaired) electrons. The Kier molecular flexibility index (Phi) is 3.82. The van der Waals surface area contributed by atoms with Crippen LogP contribution < -0.4 is 5.32 Å². The summed E-state index contributed by atoms with van der Waals surface area (Å²) in [5, 5.41) is 3.17. The van der Waals surface area contributed by atoms with E-state index in [4.69, 9.17) is 0 Å². The molecule has 24 heavy (non-hydrogen) atoms. The van der Waals surface area contributed by atoms with Gasteiger partial charge in [-0.25, -0.2) is 9.37 Å². The van der Waals surface area contributed by atoms with Crippen molar-refractivity contribution in [2.75, 3.05) is 0 Å². The van der Waals surface area contributed by atoms with Gasteiger partial charge in [-0.3, -0.25) is 9.20 Å². The molecule has 4 atom stereocenters. The lowest BCUT2D eigenvalue weighted by Crippen LogP contribution is -2.40. The van der Waals surface area contributed by atoms with Gasteiger partial charge in [-0.05, 0) is 62.5 Å². The van der Waals surface area contributed by atoms with Crippen molar-refractivity contribution in [2.24, 2.45) is 17.8 Å². The molecule has 2 aromatic heterocycles. The maximum Gasteiger partial charge on any atom is 0.270 e. The van der Waals surface area contributed by atoms with Gasteiger partial charge in [-0.2, -0.15) is 0 Å². The fraction of sp³-hybridized carbons (Fsp3) is 0.579. The monoisotopic (exact) mass is 329 g/mol. The van der Waals surface area contributed by atoms with Crippen LogP contribution >= 0.6 is 0 Å². The third-order valence-electron chi connectivity index (χ3n) is 6.00. The topological polar surface area (TPSA) is 46.4 Å². The maximum atomic E-state index is 13.6. The molecule has 2 saturated carbocycles. The molecule has 2 bridgehead atoms. The van der Waals surface area contributed by atoms with Crippen molar-refractivity contribution in [3.63, 3.8) is 0 Å². The van der Waals surface area contributed by atoms with Gasteiger partial charge in [0.05, 0.1) is 5.69 Å². The summed E-state index contributed by atoms with van der Waals surface area (Å²) < 4.78 is 15.2. The van der Waals surface area contributed by atoms with Crippen LogP contribution in [0.15, 0.2) is 18.3 Å². The average molecular weight is 329 g/mol. The van der Waals surface area contributed by atoms with E-state index in [1.807, 2.05) is 6.92 Å². The van der Waals surface area contributed by atoms with Crippen LogP contribution in [0.4, 0.5) is 4.39 Å². The van der Waals surface area contributed by atoms with Crippen LogP contribution in [0, 0.1) is 23.6 Å². The largest absolute Gasteiger partial charge is 0.348 e. The highest BCUT2D eigenvalue weighted by molar-refractivity contribution is 5.95. The van der Waals surface area contributed by atoms with Crippen molar-refractivity contribution in [1.82, 2.24) is 14.7 Å². The lowest BCUT2D eigenvalue weighted by molar-refractivity contribution is 0.0908. The number of fused-ring (bicyclic) bond motifs is 3. The van der Waals surface area contributed by atoms with Crippen LogP contribution in [0.2, 0.25) is 0 Å². The summed E-state index contributed by atoms with van der Waals surface area (Å²) in [5.41, 5.74) is 1.81. The van der Waals surface area contributed by atoms with Crippen LogP contribution in [-0.4, -0.2) is 21.3 Å². The van der Waals surface area contributed by atoms with Crippen LogP contribution in [0.3, 0.4) is 0 Å². The highest BCUT2D eigenvalue weighted by Gasteiger charge is 2.42. The molecule has 1 amide bonds. The third-order valence-corrected chi connectivity index (χ3v) is 6.00. The second kappa shape index (κ2) is 5.87. The van der Waals surface area contributed by atoms with E-state index in [0.29, 0.717) is 23.7 Å². The SMILES string of the molecule is CCc1nc2ccc(F)cn2c1C(=O)NC(C)C1CC2CCC1C2. The van der Waals surface area contributed by atoms with Gasteiger partial charge < -0.3 is 5.32 Å². The van der Waals surface area contributed by atoms with Crippen LogP contribution in [0.1, 0.15) is 55.7 Å². The number of carbonyl (C=O) groups is 1. The number of aryl methyl sites for hydroxylation is 1. The highest BCUT2D eigenvalue weighted by atomic mass is 19.1. The van der Waals surface area contributed by atoms with Crippen LogP contribution in [0.5, 0.6) is 0 Å². The molecular weight excluding hydrogens is 305 g/mol. The molecule has 4 nitrogen and oxygen atoms in total. The normalized spacial score (nSPS) is 26.9. The molecule has 4 rings (SSSR count). The lowest BCUT2D eigenvalue weighted by atomic mass is 9.84. The zero-order valence-corrected chi connectivity index (χ0v) is 14.3. The van der Waals surface area contributed by atoms with Crippen molar-refractivity contribution >= 4 is 11.6 Å². The summed E-state index contributed by atoms with van der Waals surface area (Å²) in [5.74, 6) is 1.69. The molecule has 0 aromatic carbocycles. The number of nitrogens with zero attached hydrogens (tertiary/aromatic N) is 2. The first-order valence-electron chi connectivity index (χ1n) is 9.04. The number of pyridine rings is 1. The Morgan fingerprint density at radius 1 is 1.42 bits per heavy atom. The first-order chi connectivity index (χ1) is 11.6. The first kappa shape index (κ1) is 15.6. The molecule has 0 saturated heterocycles. The summed E-state index contributed by atoms with van der Waals surface area (Å²) in [7, 11) is 0. The summed E-state index contributed by atoms with van der Waals surface area (Å²) in [6.45, 7) is 4.08. The highest BCUT2D eigenvalue weighted by Crippen LogP contribution is 2.49. The quantitative estimate of drug-likeness (QED) is 0.932. The Morgan fingerprint density at radius 2 is 2.25 bits per heavy atom. The van der Waals surface area contributed by atoms with E-state index in [9.17, 15) is 9.18 Å². The van der Waals surface area contributed by atoms with Gasteiger partial charge in [0, 0.05) is 12.2 Å². The standard InChI is InChI=1S/C19H24FN3O/c1-3-16-18(23-10-14(20)6-7-17(23)22-16)19(24)21-11(2)15-9-12-4-5-13(15)8-12/h6-7,10-13,15H,3-5,8-9H2,1-2H3,(H,21,24). The zero-order valence-electron chi connectivity index (χ0n) is 14.3. The number of hydrogen-bond donors (Lipinski definition) is 1. The van der Waals surface area contributed by atoms with Gasteiger partial charge in [0.25, 0.3) is 5.91 Å². The Balaban J connectivity index is 1.60.